The van der Waals surface area contributed by atoms with Gasteiger partial charge in [0.2, 0.25) is 0 Å². The third-order valence-corrected chi connectivity index (χ3v) is 3.28. The fourth-order valence-electron chi connectivity index (χ4n) is 2.13. The number of carbonyl (C=O) groups is 1. The third kappa shape index (κ3) is 4.14. The summed E-state index contributed by atoms with van der Waals surface area (Å²) >= 11 is 0. The van der Waals surface area contributed by atoms with Gasteiger partial charge in [0.1, 0.15) is 11.5 Å². The Labute approximate surface area is 141 Å². The molecule has 4 nitrogen and oxygen atoms in total. The van der Waals surface area contributed by atoms with Gasteiger partial charge < -0.3 is 10.6 Å². The van der Waals surface area contributed by atoms with Crippen molar-refractivity contribution in [3.63, 3.8) is 0 Å². The summed E-state index contributed by atoms with van der Waals surface area (Å²) in [7, 11) is 0. The van der Waals surface area contributed by atoms with Gasteiger partial charge in [-0.1, -0.05) is 6.07 Å². The summed E-state index contributed by atoms with van der Waals surface area (Å²) < 4.78 is 39.3. The molecule has 25 heavy (non-hydrogen) atoms. The number of aromatic nitrogens is 1. The molecule has 0 aliphatic rings. The highest BCUT2D eigenvalue weighted by Crippen LogP contribution is 2.19. The summed E-state index contributed by atoms with van der Waals surface area (Å²) in [6.45, 7) is 0. The molecule has 2 aromatic carbocycles. The molecule has 2 N–H and O–H groups in total. The number of pyridine rings is 1. The first-order valence-corrected chi connectivity index (χ1v) is 7.26. The molecule has 0 aliphatic carbocycles. The minimum absolute atomic E-state index is 0.0804. The van der Waals surface area contributed by atoms with E-state index in [0.717, 1.165) is 12.1 Å². The molecule has 1 aromatic heterocycles. The van der Waals surface area contributed by atoms with Crippen LogP contribution in [0.4, 0.5) is 30.2 Å². The van der Waals surface area contributed by atoms with Gasteiger partial charge in [-0.2, -0.15) is 0 Å². The van der Waals surface area contributed by atoms with Crippen molar-refractivity contribution in [3.05, 3.63) is 83.9 Å². The highest BCUT2D eigenvalue weighted by atomic mass is 19.2. The maximum atomic E-state index is 13.2. The molecule has 0 spiro atoms. The number of amides is 1. The average molecular weight is 343 g/mol. The van der Waals surface area contributed by atoms with Crippen LogP contribution >= 0.6 is 0 Å². The van der Waals surface area contributed by atoms with Crippen LogP contribution in [-0.4, -0.2) is 10.9 Å². The highest BCUT2D eigenvalue weighted by Gasteiger charge is 2.10. The summed E-state index contributed by atoms with van der Waals surface area (Å²) in [6, 6.07) is 11.8. The number of hydrogen-bond acceptors (Lipinski definition) is 3. The lowest BCUT2D eigenvalue weighted by Gasteiger charge is -2.09. The third-order valence-electron chi connectivity index (χ3n) is 3.28. The Bertz CT molecular complexity index is 931. The van der Waals surface area contributed by atoms with Crippen molar-refractivity contribution >= 4 is 23.0 Å². The Hall–Kier alpha value is -3.35. The Morgan fingerprint density at radius 2 is 1.64 bits per heavy atom. The van der Waals surface area contributed by atoms with Gasteiger partial charge in [0, 0.05) is 29.3 Å². The second-order valence-corrected chi connectivity index (χ2v) is 5.15. The molecule has 0 aliphatic heterocycles. The monoisotopic (exact) mass is 343 g/mol. The first kappa shape index (κ1) is 16.5. The van der Waals surface area contributed by atoms with Crippen LogP contribution in [0.2, 0.25) is 0 Å². The summed E-state index contributed by atoms with van der Waals surface area (Å²) in [5.41, 5.74) is 1.16. The molecule has 7 heteroatoms. The van der Waals surface area contributed by atoms with Crippen LogP contribution in [0.15, 0.2) is 60.8 Å². The van der Waals surface area contributed by atoms with E-state index >= 15 is 0 Å². The van der Waals surface area contributed by atoms with Gasteiger partial charge in [0.25, 0.3) is 5.91 Å². The van der Waals surface area contributed by atoms with Crippen LogP contribution in [0.5, 0.6) is 0 Å². The number of rotatable bonds is 4. The van der Waals surface area contributed by atoms with Gasteiger partial charge in [-0.3, -0.25) is 9.78 Å². The van der Waals surface area contributed by atoms with E-state index in [2.05, 4.69) is 15.6 Å². The van der Waals surface area contributed by atoms with E-state index in [1.165, 1.54) is 36.5 Å². The van der Waals surface area contributed by atoms with Crippen molar-refractivity contribution in [2.45, 2.75) is 0 Å². The lowest BCUT2D eigenvalue weighted by molar-refractivity contribution is 0.102. The average Bonchev–Trinajstić information content (AvgIpc) is 2.58. The normalized spacial score (nSPS) is 10.4. The molecule has 0 fully saturated rings. The van der Waals surface area contributed by atoms with Gasteiger partial charge in [0.15, 0.2) is 11.6 Å². The maximum absolute atomic E-state index is 13.2. The summed E-state index contributed by atoms with van der Waals surface area (Å²) in [5.74, 6) is -2.93. The van der Waals surface area contributed by atoms with Crippen molar-refractivity contribution in [2.75, 3.05) is 10.6 Å². The van der Waals surface area contributed by atoms with E-state index in [1.807, 2.05) is 0 Å². The number of hydrogen-bond donors (Lipinski definition) is 2. The minimum atomic E-state index is -0.983. The molecule has 126 valence electrons. The van der Waals surface area contributed by atoms with Crippen molar-refractivity contribution in [3.8, 4) is 0 Å². The van der Waals surface area contributed by atoms with Gasteiger partial charge in [-0.05, 0) is 42.5 Å². The fourth-order valence-corrected chi connectivity index (χ4v) is 2.13. The number of carbonyl (C=O) groups excluding carboxylic acids is 1. The van der Waals surface area contributed by atoms with Gasteiger partial charge in [-0.25, -0.2) is 13.2 Å². The zero-order valence-corrected chi connectivity index (χ0v) is 12.8. The summed E-state index contributed by atoms with van der Waals surface area (Å²) in [4.78, 5) is 16.1. The lowest BCUT2D eigenvalue weighted by atomic mass is 10.2. The van der Waals surface area contributed by atoms with Crippen LogP contribution in [0, 0.1) is 17.5 Å². The van der Waals surface area contributed by atoms with E-state index in [9.17, 15) is 18.0 Å². The molecule has 3 rings (SSSR count). The molecule has 1 heterocycles. The predicted molar refractivity (Wildman–Crippen MR) is 88.2 cm³/mol. The maximum Gasteiger partial charge on any atom is 0.274 e. The second kappa shape index (κ2) is 7.04. The SMILES string of the molecule is O=C(Nc1cccc(F)c1)c1cc(Nc2ccc(F)c(F)c2)ccn1. The summed E-state index contributed by atoms with van der Waals surface area (Å²) in [6.07, 6.45) is 1.39. The molecular weight excluding hydrogens is 331 g/mol. The zero-order chi connectivity index (χ0) is 17.8. The van der Waals surface area contributed by atoms with E-state index in [-0.39, 0.29) is 5.69 Å². The molecule has 1 amide bonds. The molecule has 0 atom stereocenters. The summed E-state index contributed by atoms with van der Waals surface area (Å²) in [5, 5.41) is 5.38. The van der Waals surface area contributed by atoms with Crippen LogP contribution in [0.3, 0.4) is 0 Å². The lowest BCUT2D eigenvalue weighted by Crippen LogP contribution is -2.13. The first-order valence-electron chi connectivity index (χ1n) is 7.26. The first-order chi connectivity index (χ1) is 12.0. The molecule has 0 saturated heterocycles. The standard InChI is InChI=1S/C18H12F3N3O/c19-11-2-1-3-12(8-11)24-18(25)17-10-14(6-7-22-17)23-13-4-5-15(20)16(21)9-13/h1-10H,(H,22,23)(H,24,25). The number of nitrogens with zero attached hydrogens (tertiary/aromatic N) is 1. The predicted octanol–water partition coefficient (Wildman–Crippen LogP) is 4.49. The Morgan fingerprint density at radius 1 is 0.840 bits per heavy atom. The number of halogens is 3. The Balaban J connectivity index is 1.76. The second-order valence-electron chi connectivity index (χ2n) is 5.15. The molecule has 0 radical (unpaired) electrons. The van der Waals surface area contributed by atoms with E-state index < -0.39 is 23.4 Å². The zero-order valence-electron chi connectivity index (χ0n) is 12.8. The number of anilines is 3. The van der Waals surface area contributed by atoms with Gasteiger partial charge in [0.05, 0.1) is 0 Å². The van der Waals surface area contributed by atoms with Crippen molar-refractivity contribution in [1.29, 1.82) is 0 Å². The number of benzene rings is 2. The largest absolute Gasteiger partial charge is 0.355 e. The number of nitrogens with one attached hydrogen (secondary N) is 2. The molecule has 3 aromatic rings. The smallest absolute Gasteiger partial charge is 0.274 e. The Kier molecular flexibility index (Phi) is 4.65. The van der Waals surface area contributed by atoms with Crippen molar-refractivity contribution in [2.24, 2.45) is 0 Å². The van der Waals surface area contributed by atoms with Crippen LogP contribution in [-0.2, 0) is 0 Å². The molecule has 0 saturated carbocycles. The quantitative estimate of drug-likeness (QED) is 0.734. The van der Waals surface area contributed by atoms with Crippen molar-refractivity contribution < 1.29 is 18.0 Å². The fraction of sp³-hybridized carbons (Fsp3) is 0. The van der Waals surface area contributed by atoms with Gasteiger partial charge in [-0.15, -0.1) is 0 Å². The minimum Gasteiger partial charge on any atom is -0.355 e. The Morgan fingerprint density at radius 3 is 2.40 bits per heavy atom. The van der Waals surface area contributed by atoms with E-state index in [4.69, 9.17) is 0 Å². The van der Waals surface area contributed by atoms with Crippen LogP contribution < -0.4 is 10.6 Å². The topological polar surface area (TPSA) is 54.0 Å². The highest BCUT2D eigenvalue weighted by molar-refractivity contribution is 6.03. The van der Waals surface area contributed by atoms with Crippen LogP contribution in [0.1, 0.15) is 10.5 Å². The van der Waals surface area contributed by atoms with Crippen molar-refractivity contribution in [1.82, 2.24) is 4.98 Å². The van der Waals surface area contributed by atoms with Crippen LogP contribution in [0.25, 0.3) is 0 Å². The molecule has 0 bridgehead atoms. The molecular formula is C18H12F3N3O. The van der Waals surface area contributed by atoms with Gasteiger partial charge >= 0.3 is 0 Å². The molecule has 0 unspecified atom stereocenters. The van der Waals surface area contributed by atoms with E-state index in [0.29, 0.717) is 17.1 Å². The van der Waals surface area contributed by atoms with E-state index in [1.54, 1.807) is 12.1 Å².